The maximum Gasteiger partial charge on any atom is 0.253 e. The van der Waals surface area contributed by atoms with Crippen LogP contribution in [0.4, 0.5) is 5.69 Å². The van der Waals surface area contributed by atoms with Gasteiger partial charge in [-0.2, -0.15) is 0 Å². The predicted octanol–water partition coefficient (Wildman–Crippen LogP) is 1.37. The number of carbonyl (C=O) groups is 1. The number of ether oxygens (including phenoxy) is 2. The molecule has 1 fully saturated rings. The average molecular weight is 221 g/mol. The lowest BCUT2D eigenvalue weighted by atomic mass is 10.1. The van der Waals surface area contributed by atoms with Gasteiger partial charge in [-0.15, -0.1) is 0 Å². The van der Waals surface area contributed by atoms with E-state index in [1.54, 1.807) is 12.0 Å². The summed E-state index contributed by atoms with van der Waals surface area (Å²) in [6.45, 7) is 3.36. The first-order chi connectivity index (χ1) is 7.72. The standard InChI is InChI=1S/C12H15NO3/c1-9-7-10(15-2)3-4-11(9)13-5-6-16-8-12(13)14/h3-4,7H,5-6,8H2,1-2H3. The molecule has 4 heteroatoms. The van der Waals surface area contributed by atoms with E-state index in [9.17, 15) is 4.79 Å². The van der Waals surface area contributed by atoms with Crippen molar-refractivity contribution in [3.8, 4) is 5.75 Å². The van der Waals surface area contributed by atoms with Crippen molar-refractivity contribution >= 4 is 11.6 Å². The Labute approximate surface area is 94.8 Å². The van der Waals surface area contributed by atoms with Gasteiger partial charge in [0.15, 0.2) is 0 Å². The number of morpholine rings is 1. The molecular weight excluding hydrogens is 206 g/mol. The quantitative estimate of drug-likeness (QED) is 0.757. The molecule has 0 aliphatic carbocycles. The van der Waals surface area contributed by atoms with Crippen LogP contribution in [0.2, 0.25) is 0 Å². The summed E-state index contributed by atoms with van der Waals surface area (Å²) in [5.74, 6) is 0.821. The Morgan fingerprint density at radius 1 is 1.44 bits per heavy atom. The van der Waals surface area contributed by atoms with Gasteiger partial charge in [0.25, 0.3) is 5.91 Å². The van der Waals surface area contributed by atoms with Crippen LogP contribution in [0, 0.1) is 6.92 Å². The fourth-order valence-electron chi connectivity index (χ4n) is 1.83. The summed E-state index contributed by atoms with van der Waals surface area (Å²) in [7, 11) is 1.63. The third kappa shape index (κ3) is 2.02. The van der Waals surface area contributed by atoms with Crippen molar-refractivity contribution in [3.05, 3.63) is 23.8 Å². The van der Waals surface area contributed by atoms with Crippen LogP contribution in [0.5, 0.6) is 5.75 Å². The molecule has 1 aliphatic heterocycles. The van der Waals surface area contributed by atoms with Gasteiger partial charge in [-0.1, -0.05) is 0 Å². The molecule has 1 saturated heterocycles. The Morgan fingerprint density at radius 3 is 2.88 bits per heavy atom. The zero-order chi connectivity index (χ0) is 11.5. The molecule has 0 unspecified atom stereocenters. The topological polar surface area (TPSA) is 38.8 Å². The maximum absolute atomic E-state index is 11.7. The first-order valence-electron chi connectivity index (χ1n) is 5.25. The number of anilines is 1. The Kier molecular flexibility index (Phi) is 3.10. The minimum absolute atomic E-state index is 0.0134. The number of methoxy groups -OCH3 is 1. The molecule has 16 heavy (non-hydrogen) atoms. The summed E-state index contributed by atoms with van der Waals surface area (Å²) in [6.07, 6.45) is 0. The van der Waals surface area contributed by atoms with Crippen molar-refractivity contribution < 1.29 is 14.3 Å². The van der Waals surface area contributed by atoms with E-state index in [4.69, 9.17) is 9.47 Å². The third-order valence-electron chi connectivity index (χ3n) is 2.68. The molecule has 0 aromatic heterocycles. The molecule has 1 aliphatic rings. The van der Waals surface area contributed by atoms with Crippen LogP contribution in [0.3, 0.4) is 0 Å². The Hall–Kier alpha value is -1.55. The normalized spacial score (nSPS) is 16.4. The smallest absolute Gasteiger partial charge is 0.253 e. The molecule has 0 spiro atoms. The molecule has 1 heterocycles. The zero-order valence-corrected chi connectivity index (χ0v) is 9.53. The molecule has 1 aromatic carbocycles. The van der Waals surface area contributed by atoms with Gasteiger partial charge in [0.2, 0.25) is 0 Å². The van der Waals surface area contributed by atoms with Crippen molar-refractivity contribution in [2.75, 3.05) is 31.8 Å². The zero-order valence-electron chi connectivity index (χ0n) is 9.53. The van der Waals surface area contributed by atoms with Crippen LogP contribution in [0.25, 0.3) is 0 Å². The second-order valence-corrected chi connectivity index (χ2v) is 3.75. The fraction of sp³-hybridized carbons (Fsp3) is 0.417. The second-order valence-electron chi connectivity index (χ2n) is 3.75. The number of hydrogen-bond donors (Lipinski definition) is 0. The van der Waals surface area contributed by atoms with Crippen molar-refractivity contribution in [2.24, 2.45) is 0 Å². The van der Waals surface area contributed by atoms with Crippen molar-refractivity contribution in [1.82, 2.24) is 0 Å². The second kappa shape index (κ2) is 4.53. The van der Waals surface area contributed by atoms with E-state index in [2.05, 4.69) is 0 Å². The number of carbonyl (C=O) groups excluding carboxylic acids is 1. The number of nitrogens with zero attached hydrogens (tertiary/aromatic N) is 1. The molecule has 2 rings (SSSR count). The molecule has 0 saturated carbocycles. The molecule has 1 amide bonds. The van der Waals surface area contributed by atoms with Gasteiger partial charge in [-0.05, 0) is 30.7 Å². The largest absolute Gasteiger partial charge is 0.497 e. The van der Waals surface area contributed by atoms with Crippen LogP contribution in [-0.4, -0.2) is 32.8 Å². The fourth-order valence-corrected chi connectivity index (χ4v) is 1.83. The van der Waals surface area contributed by atoms with E-state index in [0.717, 1.165) is 17.0 Å². The summed E-state index contributed by atoms with van der Waals surface area (Å²) in [6, 6.07) is 5.71. The molecule has 1 aromatic rings. The number of hydrogen-bond acceptors (Lipinski definition) is 3. The number of benzene rings is 1. The Balaban J connectivity index is 2.28. The van der Waals surface area contributed by atoms with E-state index in [0.29, 0.717) is 13.2 Å². The SMILES string of the molecule is COc1ccc(N2CCOCC2=O)c(C)c1. The lowest BCUT2D eigenvalue weighted by Crippen LogP contribution is -2.42. The van der Waals surface area contributed by atoms with Gasteiger partial charge in [-0.3, -0.25) is 4.79 Å². The lowest BCUT2D eigenvalue weighted by molar-refractivity contribution is -0.125. The van der Waals surface area contributed by atoms with Crippen molar-refractivity contribution in [2.45, 2.75) is 6.92 Å². The third-order valence-corrected chi connectivity index (χ3v) is 2.68. The van der Waals surface area contributed by atoms with E-state index in [1.165, 1.54) is 0 Å². The van der Waals surface area contributed by atoms with Gasteiger partial charge < -0.3 is 14.4 Å². The van der Waals surface area contributed by atoms with Gasteiger partial charge in [0.1, 0.15) is 12.4 Å². The van der Waals surface area contributed by atoms with Crippen LogP contribution in [-0.2, 0) is 9.53 Å². The predicted molar refractivity (Wildman–Crippen MR) is 60.9 cm³/mol. The van der Waals surface area contributed by atoms with E-state index in [-0.39, 0.29) is 12.5 Å². The Bertz CT molecular complexity index is 403. The summed E-state index contributed by atoms with van der Waals surface area (Å²) >= 11 is 0. The van der Waals surface area contributed by atoms with E-state index < -0.39 is 0 Å². The highest BCUT2D eigenvalue weighted by Gasteiger charge is 2.21. The van der Waals surface area contributed by atoms with Crippen LogP contribution < -0.4 is 9.64 Å². The monoisotopic (exact) mass is 221 g/mol. The first-order valence-corrected chi connectivity index (χ1v) is 5.25. The average Bonchev–Trinajstić information content (AvgIpc) is 2.30. The highest BCUT2D eigenvalue weighted by molar-refractivity contribution is 5.95. The molecule has 86 valence electrons. The lowest BCUT2D eigenvalue weighted by Gasteiger charge is -2.28. The van der Waals surface area contributed by atoms with Crippen LogP contribution in [0.15, 0.2) is 18.2 Å². The van der Waals surface area contributed by atoms with Crippen molar-refractivity contribution in [3.63, 3.8) is 0 Å². The maximum atomic E-state index is 11.7. The first kappa shape index (κ1) is 11.0. The number of aryl methyl sites for hydroxylation is 1. The van der Waals surface area contributed by atoms with Crippen LogP contribution in [0.1, 0.15) is 5.56 Å². The highest BCUT2D eigenvalue weighted by Crippen LogP contribution is 2.25. The summed E-state index contributed by atoms with van der Waals surface area (Å²) in [5, 5.41) is 0. The molecule has 0 radical (unpaired) electrons. The minimum atomic E-state index is 0.0134. The molecule has 4 nitrogen and oxygen atoms in total. The van der Waals surface area contributed by atoms with Gasteiger partial charge in [0, 0.05) is 12.2 Å². The minimum Gasteiger partial charge on any atom is -0.497 e. The molecule has 0 N–H and O–H groups in total. The van der Waals surface area contributed by atoms with E-state index >= 15 is 0 Å². The van der Waals surface area contributed by atoms with Crippen molar-refractivity contribution in [1.29, 1.82) is 0 Å². The highest BCUT2D eigenvalue weighted by atomic mass is 16.5. The Morgan fingerprint density at radius 2 is 2.25 bits per heavy atom. The van der Waals surface area contributed by atoms with Gasteiger partial charge in [0.05, 0.1) is 13.7 Å². The summed E-state index contributed by atoms with van der Waals surface area (Å²) < 4.78 is 10.2. The number of rotatable bonds is 2. The van der Waals surface area contributed by atoms with Gasteiger partial charge >= 0.3 is 0 Å². The number of amides is 1. The molecular formula is C12H15NO3. The van der Waals surface area contributed by atoms with Gasteiger partial charge in [-0.25, -0.2) is 0 Å². The van der Waals surface area contributed by atoms with Crippen LogP contribution >= 0.6 is 0 Å². The van der Waals surface area contributed by atoms with E-state index in [1.807, 2.05) is 25.1 Å². The summed E-state index contributed by atoms with van der Waals surface area (Å²) in [4.78, 5) is 13.4. The molecule has 0 bridgehead atoms. The summed E-state index contributed by atoms with van der Waals surface area (Å²) in [5.41, 5.74) is 1.98. The molecule has 0 atom stereocenters.